The third-order valence-corrected chi connectivity index (χ3v) is 3.76. The van der Waals surface area contributed by atoms with Crippen molar-refractivity contribution in [3.63, 3.8) is 0 Å². The van der Waals surface area contributed by atoms with Crippen molar-refractivity contribution in [2.24, 2.45) is 5.73 Å². The van der Waals surface area contributed by atoms with Gasteiger partial charge in [0.25, 0.3) is 0 Å². The first-order valence-electron chi connectivity index (χ1n) is 6.89. The largest absolute Gasteiger partial charge is 0.326 e. The second-order valence-corrected chi connectivity index (χ2v) is 5.13. The molecule has 0 aliphatic rings. The van der Waals surface area contributed by atoms with Gasteiger partial charge in [0, 0.05) is 18.1 Å². The summed E-state index contributed by atoms with van der Waals surface area (Å²) in [6.07, 6.45) is 2.82. The Morgan fingerprint density at radius 1 is 1.00 bits per heavy atom. The van der Waals surface area contributed by atoms with Gasteiger partial charge in [-0.05, 0) is 47.7 Å². The van der Waals surface area contributed by atoms with Gasteiger partial charge in [-0.3, -0.25) is 4.98 Å². The quantitative estimate of drug-likeness (QED) is 0.783. The Morgan fingerprint density at radius 2 is 1.85 bits per heavy atom. The van der Waals surface area contributed by atoms with Crippen molar-refractivity contribution in [2.75, 3.05) is 0 Å². The van der Waals surface area contributed by atoms with Gasteiger partial charge in [0.05, 0.1) is 5.52 Å². The number of fused-ring (bicyclic) bond motifs is 1. The van der Waals surface area contributed by atoms with E-state index in [9.17, 15) is 0 Å². The molecule has 2 N–H and O–H groups in total. The predicted molar refractivity (Wildman–Crippen MR) is 83.6 cm³/mol. The van der Waals surface area contributed by atoms with Gasteiger partial charge in [0.15, 0.2) is 0 Å². The molecule has 0 saturated carbocycles. The molecule has 1 heterocycles. The SMILES string of the molecule is Cc1cc(CN)ccc1Cc1ccnc2ccccc12. The van der Waals surface area contributed by atoms with Gasteiger partial charge in [0.2, 0.25) is 0 Å². The van der Waals surface area contributed by atoms with Crippen molar-refractivity contribution >= 4 is 10.9 Å². The van der Waals surface area contributed by atoms with Crippen LogP contribution in [0.5, 0.6) is 0 Å². The molecule has 0 aliphatic carbocycles. The van der Waals surface area contributed by atoms with E-state index < -0.39 is 0 Å². The number of rotatable bonds is 3. The van der Waals surface area contributed by atoms with Crippen molar-refractivity contribution in [3.8, 4) is 0 Å². The molecule has 0 spiro atoms. The summed E-state index contributed by atoms with van der Waals surface area (Å²) in [6, 6.07) is 16.9. The lowest BCUT2D eigenvalue weighted by atomic mass is 9.97. The third-order valence-electron chi connectivity index (χ3n) is 3.76. The van der Waals surface area contributed by atoms with E-state index in [0.29, 0.717) is 6.54 Å². The Labute approximate surface area is 119 Å². The second-order valence-electron chi connectivity index (χ2n) is 5.13. The lowest BCUT2D eigenvalue weighted by Gasteiger charge is -2.10. The summed E-state index contributed by atoms with van der Waals surface area (Å²) >= 11 is 0. The minimum atomic E-state index is 0.597. The molecule has 2 nitrogen and oxygen atoms in total. The molecule has 0 radical (unpaired) electrons. The highest BCUT2D eigenvalue weighted by Crippen LogP contribution is 2.21. The van der Waals surface area contributed by atoms with Crippen LogP contribution in [0.1, 0.15) is 22.3 Å². The molecule has 0 fully saturated rings. The zero-order chi connectivity index (χ0) is 13.9. The fourth-order valence-corrected chi connectivity index (χ4v) is 2.60. The molecule has 0 aliphatic heterocycles. The van der Waals surface area contributed by atoms with Crippen molar-refractivity contribution in [1.29, 1.82) is 0 Å². The molecule has 0 saturated heterocycles. The topological polar surface area (TPSA) is 38.9 Å². The van der Waals surface area contributed by atoms with Crippen molar-refractivity contribution in [1.82, 2.24) is 4.98 Å². The molecular formula is C18H18N2. The zero-order valence-corrected chi connectivity index (χ0v) is 11.6. The normalized spacial score (nSPS) is 10.9. The highest BCUT2D eigenvalue weighted by atomic mass is 14.6. The molecule has 0 amide bonds. The van der Waals surface area contributed by atoms with Crippen LogP contribution in [0.15, 0.2) is 54.7 Å². The van der Waals surface area contributed by atoms with E-state index in [1.54, 1.807) is 0 Å². The fourth-order valence-electron chi connectivity index (χ4n) is 2.60. The Bertz CT molecular complexity index is 742. The molecule has 20 heavy (non-hydrogen) atoms. The number of nitrogens with zero attached hydrogens (tertiary/aromatic N) is 1. The van der Waals surface area contributed by atoms with E-state index in [4.69, 9.17) is 5.73 Å². The number of aryl methyl sites for hydroxylation is 1. The lowest BCUT2D eigenvalue weighted by molar-refractivity contribution is 1.05. The monoisotopic (exact) mass is 262 g/mol. The lowest BCUT2D eigenvalue weighted by Crippen LogP contribution is -1.99. The van der Waals surface area contributed by atoms with Gasteiger partial charge >= 0.3 is 0 Å². The first kappa shape index (κ1) is 12.8. The predicted octanol–water partition coefficient (Wildman–Crippen LogP) is 3.59. The third kappa shape index (κ3) is 2.43. The van der Waals surface area contributed by atoms with Gasteiger partial charge in [-0.1, -0.05) is 36.4 Å². The molecular weight excluding hydrogens is 244 g/mol. The Kier molecular flexibility index (Phi) is 3.48. The van der Waals surface area contributed by atoms with E-state index in [-0.39, 0.29) is 0 Å². The summed E-state index contributed by atoms with van der Waals surface area (Å²) in [5, 5.41) is 1.23. The van der Waals surface area contributed by atoms with E-state index in [1.165, 1.54) is 27.6 Å². The average Bonchev–Trinajstić information content (AvgIpc) is 2.49. The molecule has 0 unspecified atom stereocenters. The smallest absolute Gasteiger partial charge is 0.0704 e. The van der Waals surface area contributed by atoms with Crippen molar-refractivity contribution in [2.45, 2.75) is 19.9 Å². The number of benzene rings is 2. The van der Waals surface area contributed by atoms with Crippen LogP contribution in [0, 0.1) is 6.92 Å². The van der Waals surface area contributed by atoms with Crippen LogP contribution in [0.2, 0.25) is 0 Å². The molecule has 2 aromatic carbocycles. The minimum absolute atomic E-state index is 0.597. The molecule has 2 heteroatoms. The van der Waals surface area contributed by atoms with Gasteiger partial charge < -0.3 is 5.73 Å². The standard InChI is InChI=1S/C18H18N2/c1-13-10-14(12-19)6-7-15(13)11-16-8-9-20-18-5-3-2-4-17(16)18/h2-10H,11-12,19H2,1H3. The van der Waals surface area contributed by atoms with Crippen LogP contribution >= 0.6 is 0 Å². The number of aromatic nitrogens is 1. The van der Waals surface area contributed by atoms with Gasteiger partial charge in [0.1, 0.15) is 0 Å². The number of hydrogen-bond donors (Lipinski definition) is 1. The Hall–Kier alpha value is -2.19. The van der Waals surface area contributed by atoms with E-state index >= 15 is 0 Å². The number of para-hydroxylation sites is 1. The van der Waals surface area contributed by atoms with Crippen LogP contribution in [0.4, 0.5) is 0 Å². The number of nitrogens with two attached hydrogens (primary N) is 1. The van der Waals surface area contributed by atoms with E-state index in [0.717, 1.165) is 11.9 Å². The van der Waals surface area contributed by atoms with Crippen LogP contribution in [-0.2, 0) is 13.0 Å². The van der Waals surface area contributed by atoms with Crippen molar-refractivity contribution in [3.05, 3.63) is 77.0 Å². The fraction of sp³-hybridized carbons (Fsp3) is 0.167. The molecule has 1 aromatic heterocycles. The highest BCUT2D eigenvalue weighted by molar-refractivity contribution is 5.82. The van der Waals surface area contributed by atoms with Gasteiger partial charge in [-0.2, -0.15) is 0 Å². The molecule has 0 bridgehead atoms. The van der Waals surface area contributed by atoms with E-state index in [2.05, 4.69) is 54.4 Å². The zero-order valence-electron chi connectivity index (χ0n) is 11.6. The summed E-state index contributed by atoms with van der Waals surface area (Å²) < 4.78 is 0. The molecule has 3 aromatic rings. The molecule has 100 valence electrons. The summed E-state index contributed by atoms with van der Waals surface area (Å²) in [4.78, 5) is 4.42. The van der Waals surface area contributed by atoms with Crippen molar-refractivity contribution < 1.29 is 0 Å². The van der Waals surface area contributed by atoms with Gasteiger partial charge in [-0.15, -0.1) is 0 Å². The maximum atomic E-state index is 5.69. The van der Waals surface area contributed by atoms with E-state index in [1.807, 2.05) is 12.3 Å². The summed E-state index contributed by atoms with van der Waals surface area (Å²) in [5.74, 6) is 0. The number of hydrogen-bond acceptors (Lipinski definition) is 2. The van der Waals surface area contributed by atoms with Crippen LogP contribution in [0.3, 0.4) is 0 Å². The minimum Gasteiger partial charge on any atom is -0.326 e. The maximum absolute atomic E-state index is 5.69. The second kappa shape index (κ2) is 5.43. The molecule has 0 atom stereocenters. The Morgan fingerprint density at radius 3 is 2.65 bits per heavy atom. The van der Waals surface area contributed by atoms with Gasteiger partial charge in [-0.25, -0.2) is 0 Å². The first-order chi connectivity index (χ1) is 9.78. The maximum Gasteiger partial charge on any atom is 0.0704 e. The van der Waals surface area contributed by atoms with Crippen LogP contribution < -0.4 is 5.73 Å². The Balaban J connectivity index is 2.01. The molecule has 3 rings (SSSR count). The summed E-state index contributed by atoms with van der Waals surface area (Å²) in [5.41, 5.74) is 11.9. The first-order valence-corrected chi connectivity index (χ1v) is 6.89. The highest BCUT2D eigenvalue weighted by Gasteiger charge is 2.05. The average molecular weight is 262 g/mol. The summed E-state index contributed by atoms with van der Waals surface area (Å²) in [7, 11) is 0. The van der Waals surface area contributed by atoms with Crippen LogP contribution in [-0.4, -0.2) is 4.98 Å². The van der Waals surface area contributed by atoms with Crippen LogP contribution in [0.25, 0.3) is 10.9 Å². The summed E-state index contributed by atoms with van der Waals surface area (Å²) in [6.45, 7) is 2.75. The number of pyridine rings is 1.